The van der Waals surface area contributed by atoms with E-state index in [1.807, 2.05) is 42.5 Å². The van der Waals surface area contributed by atoms with Crippen molar-refractivity contribution in [3.8, 4) is 11.4 Å². The molecule has 8 nitrogen and oxygen atoms in total. The van der Waals surface area contributed by atoms with Gasteiger partial charge in [-0.2, -0.15) is 5.10 Å². The maximum absolute atomic E-state index is 12.1. The number of guanidine groups is 1. The molecule has 0 unspecified atom stereocenters. The van der Waals surface area contributed by atoms with E-state index in [9.17, 15) is 4.79 Å². The van der Waals surface area contributed by atoms with E-state index in [2.05, 4.69) is 36.9 Å². The minimum Gasteiger partial charge on any atom is -0.356 e. The summed E-state index contributed by atoms with van der Waals surface area (Å²) in [6.45, 7) is 1.34. The first-order chi connectivity index (χ1) is 14.6. The van der Waals surface area contributed by atoms with Crippen LogP contribution in [0.4, 0.5) is 0 Å². The lowest BCUT2D eigenvalue weighted by Crippen LogP contribution is -2.37. The third-order valence-electron chi connectivity index (χ3n) is 4.59. The van der Waals surface area contributed by atoms with Gasteiger partial charge < -0.3 is 15.5 Å². The van der Waals surface area contributed by atoms with Crippen LogP contribution in [-0.4, -0.2) is 59.6 Å². The van der Waals surface area contributed by atoms with Crippen LogP contribution < -0.4 is 10.6 Å². The minimum atomic E-state index is 0. The third-order valence-corrected chi connectivity index (χ3v) is 4.59. The van der Waals surface area contributed by atoms with Crippen molar-refractivity contribution in [3.05, 3.63) is 71.5 Å². The van der Waals surface area contributed by atoms with Gasteiger partial charge in [0.15, 0.2) is 11.8 Å². The van der Waals surface area contributed by atoms with Gasteiger partial charge in [0, 0.05) is 45.4 Å². The smallest absolute Gasteiger partial charge is 0.253 e. The third kappa shape index (κ3) is 7.06. The molecule has 1 amide bonds. The van der Waals surface area contributed by atoms with E-state index in [1.165, 1.54) is 6.33 Å². The Kier molecular flexibility index (Phi) is 9.44. The van der Waals surface area contributed by atoms with Gasteiger partial charge in [-0.15, -0.1) is 24.0 Å². The summed E-state index contributed by atoms with van der Waals surface area (Å²) >= 11 is 0. The van der Waals surface area contributed by atoms with Crippen LogP contribution in [0.15, 0.2) is 59.9 Å². The van der Waals surface area contributed by atoms with Crippen LogP contribution in [-0.2, 0) is 13.0 Å². The quantitative estimate of drug-likeness (QED) is 0.247. The number of hydrogen-bond donors (Lipinski definition) is 3. The molecular formula is C22H28IN7O. The molecule has 3 aromatic rings. The molecule has 0 bridgehead atoms. The fourth-order valence-electron chi connectivity index (χ4n) is 3.02. The number of hydrogen-bond acceptors (Lipinski definition) is 4. The summed E-state index contributed by atoms with van der Waals surface area (Å²) in [4.78, 5) is 22.2. The first kappa shape index (κ1) is 24.3. The number of carbonyl (C=O) groups is 1. The average Bonchev–Trinajstić information content (AvgIpc) is 3.31. The molecule has 0 aliphatic heterocycles. The average molecular weight is 533 g/mol. The van der Waals surface area contributed by atoms with Gasteiger partial charge >= 0.3 is 0 Å². The minimum absolute atomic E-state index is 0. The number of nitrogens with one attached hydrogen (secondary N) is 3. The van der Waals surface area contributed by atoms with Crippen molar-refractivity contribution < 1.29 is 4.79 Å². The molecule has 3 N–H and O–H groups in total. The van der Waals surface area contributed by atoms with Crippen LogP contribution in [0.3, 0.4) is 0 Å². The molecule has 2 aromatic carbocycles. The van der Waals surface area contributed by atoms with Gasteiger partial charge in [0.05, 0.1) is 0 Å². The summed E-state index contributed by atoms with van der Waals surface area (Å²) < 4.78 is 0. The zero-order chi connectivity index (χ0) is 21.3. The summed E-state index contributed by atoms with van der Waals surface area (Å²) in [5, 5.41) is 13.4. The van der Waals surface area contributed by atoms with Crippen molar-refractivity contribution in [1.82, 2.24) is 30.7 Å². The maximum atomic E-state index is 12.1. The molecular weight excluding hydrogens is 505 g/mol. The Labute approximate surface area is 199 Å². The Morgan fingerprint density at radius 3 is 2.58 bits per heavy atom. The standard InChI is InChI=1S/C22H27N7O.HI/c1-23-22(24-11-10-16-6-4-9-19(12-16)21(30)29(2)3)25-14-17-7-5-8-18(13-17)20-26-15-27-28-20;/h4-9,12-13,15H,10-11,14H2,1-3H3,(H2,23,24,25)(H,26,27,28);1H. The maximum Gasteiger partial charge on any atom is 0.253 e. The largest absolute Gasteiger partial charge is 0.356 e. The summed E-state index contributed by atoms with van der Waals surface area (Å²) in [6, 6.07) is 15.8. The van der Waals surface area contributed by atoms with E-state index in [4.69, 9.17) is 0 Å². The number of aliphatic imine (C=N–C) groups is 1. The number of H-pyrrole nitrogens is 1. The molecule has 9 heteroatoms. The van der Waals surface area contributed by atoms with Crippen molar-refractivity contribution >= 4 is 35.8 Å². The predicted octanol–water partition coefficient (Wildman–Crippen LogP) is 2.70. The first-order valence-electron chi connectivity index (χ1n) is 9.76. The molecule has 3 rings (SSSR count). The van der Waals surface area contributed by atoms with Gasteiger partial charge in [-0.1, -0.05) is 30.3 Å². The second kappa shape index (κ2) is 12.0. The van der Waals surface area contributed by atoms with Gasteiger partial charge in [0.1, 0.15) is 6.33 Å². The number of halogens is 1. The fourth-order valence-corrected chi connectivity index (χ4v) is 3.02. The molecule has 31 heavy (non-hydrogen) atoms. The lowest BCUT2D eigenvalue weighted by Gasteiger charge is -2.13. The van der Waals surface area contributed by atoms with Crippen LogP contribution in [0.2, 0.25) is 0 Å². The van der Waals surface area contributed by atoms with Gasteiger partial charge in [0.25, 0.3) is 5.91 Å². The van der Waals surface area contributed by atoms with Crippen molar-refractivity contribution in [2.45, 2.75) is 13.0 Å². The number of nitrogens with zero attached hydrogens (tertiary/aromatic N) is 4. The number of aromatic amines is 1. The lowest BCUT2D eigenvalue weighted by atomic mass is 10.1. The molecule has 0 spiro atoms. The highest BCUT2D eigenvalue weighted by Crippen LogP contribution is 2.15. The van der Waals surface area contributed by atoms with Crippen molar-refractivity contribution in [2.75, 3.05) is 27.7 Å². The summed E-state index contributed by atoms with van der Waals surface area (Å²) in [5.74, 6) is 1.48. The van der Waals surface area contributed by atoms with Gasteiger partial charge in [-0.3, -0.25) is 14.9 Å². The van der Waals surface area contributed by atoms with Crippen LogP contribution in [0.5, 0.6) is 0 Å². The number of rotatable bonds is 7. The summed E-state index contributed by atoms with van der Waals surface area (Å²) in [5.41, 5.74) is 3.90. The highest BCUT2D eigenvalue weighted by Gasteiger charge is 2.08. The lowest BCUT2D eigenvalue weighted by molar-refractivity contribution is 0.0827. The van der Waals surface area contributed by atoms with E-state index < -0.39 is 0 Å². The van der Waals surface area contributed by atoms with Gasteiger partial charge in [-0.25, -0.2) is 4.98 Å². The molecule has 0 aliphatic rings. The monoisotopic (exact) mass is 533 g/mol. The summed E-state index contributed by atoms with van der Waals surface area (Å²) in [7, 11) is 5.26. The SMILES string of the molecule is CN=C(NCCc1cccc(C(=O)N(C)C)c1)NCc1cccc(-c2ncn[nH]2)c1.I. The van der Waals surface area contributed by atoms with E-state index in [0.29, 0.717) is 18.7 Å². The molecule has 0 atom stereocenters. The summed E-state index contributed by atoms with van der Waals surface area (Å²) in [6.07, 6.45) is 2.29. The van der Waals surface area contributed by atoms with Crippen molar-refractivity contribution in [2.24, 2.45) is 4.99 Å². The first-order valence-corrected chi connectivity index (χ1v) is 9.76. The molecule has 0 fully saturated rings. The highest BCUT2D eigenvalue weighted by molar-refractivity contribution is 14.0. The second-order valence-electron chi connectivity index (χ2n) is 7.04. The molecule has 0 radical (unpaired) electrons. The zero-order valence-electron chi connectivity index (χ0n) is 17.9. The molecule has 0 saturated heterocycles. The number of carbonyl (C=O) groups excluding carboxylic acids is 1. The van der Waals surface area contributed by atoms with Crippen LogP contribution in [0.25, 0.3) is 11.4 Å². The van der Waals surface area contributed by atoms with E-state index >= 15 is 0 Å². The molecule has 0 aliphatic carbocycles. The van der Waals surface area contributed by atoms with Crippen molar-refractivity contribution in [3.63, 3.8) is 0 Å². The Morgan fingerprint density at radius 1 is 1.10 bits per heavy atom. The van der Waals surface area contributed by atoms with E-state index in [0.717, 1.165) is 34.9 Å². The molecule has 1 aromatic heterocycles. The van der Waals surface area contributed by atoms with Crippen LogP contribution in [0.1, 0.15) is 21.5 Å². The Bertz CT molecular complexity index is 1000. The second-order valence-corrected chi connectivity index (χ2v) is 7.04. The van der Waals surface area contributed by atoms with Crippen molar-refractivity contribution in [1.29, 1.82) is 0 Å². The van der Waals surface area contributed by atoms with Gasteiger partial charge in [0.2, 0.25) is 0 Å². The Hall–Kier alpha value is -2.95. The molecule has 0 saturated carbocycles. The predicted molar refractivity (Wildman–Crippen MR) is 134 cm³/mol. The normalized spacial score (nSPS) is 10.9. The zero-order valence-corrected chi connectivity index (χ0v) is 20.3. The Balaban J connectivity index is 0.00000341. The van der Waals surface area contributed by atoms with Crippen LogP contribution >= 0.6 is 24.0 Å². The molecule has 1 heterocycles. The van der Waals surface area contributed by atoms with E-state index in [1.54, 1.807) is 26.0 Å². The number of amides is 1. The van der Waals surface area contributed by atoms with Gasteiger partial charge in [-0.05, 0) is 35.7 Å². The highest BCUT2D eigenvalue weighted by atomic mass is 127. The number of benzene rings is 2. The Morgan fingerprint density at radius 2 is 1.87 bits per heavy atom. The van der Waals surface area contributed by atoms with E-state index in [-0.39, 0.29) is 29.9 Å². The molecule has 164 valence electrons. The fraction of sp³-hybridized carbons (Fsp3) is 0.273. The number of aromatic nitrogens is 3. The van der Waals surface area contributed by atoms with Crippen LogP contribution in [0, 0.1) is 0 Å². The topological polar surface area (TPSA) is 98.3 Å².